The monoisotopic (exact) mass is 288 g/mol. The molecule has 0 bridgehead atoms. The lowest BCUT2D eigenvalue weighted by Crippen LogP contribution is -2.23. The average molecular weight is 289 g/mol. The van der Waals surface area contributed by atoms with Gasteiger partial charge in [0.15, 0.2) is 0 Å². The third-order valence-electron chi connectivity index (χ3n) is 3.32. The molecule has 0 spiro atoms. The first kappa shape index (κ1) is 14.0. The maximum Gasteiger partial charge on any atom is 0.416 e. The van der Waals surface area contributed by atoms with Gasteiger partial charge in [-0.15, -0.1) is 0 Å². The smallest absolute Gasteiger partial charge is 0.380 e. The molecule has 1 fully saturated rings. The molecule has 1 N–H and O–H groups in total. The second kappa shape index (κ2) is 5.30. The molecule has 19 heavy (non-hydrogen) atoms. The van der Waals surface area contributed by atoms with Crippen LogP contribution >= 0.6 is 11.6 Å². The van der Waals surface area contributed by atoms with Gasteiger partial charge >= 0.3 is 6.18 Å². The normalized spacial score (nSPS) is 23.1. The van der Waals surface area contributed by atoms with Crippen molar-refractivity contribution in [2.45, 2.75) is 31.5 Å². The van der Waals surface area contributed by atoms with Gasteiger partial charge in [-0.3, -0.25) is 0 Å². The molecule has 2 rings (SSSR count). The first-order chi connectivity index (χ1) is 8.91. The van der Waals surface area contributed by atoms with Crippen molar-refractivity contribution in [3.8, 4) is 6.07 Å². The Morgan fingerprint density at radius 3 is 2.63 bits per heavy atom. The molecule has 0 radical (unpaired) electrons. The Labute approximate surface area is 114 Å². The standard InChI is InChI=1S/C13H12ClF3N2/c14-10-6-9(13(15,16)17)4-5-12(10)19-11-3-1-2-8(11)7-18/h4-6,8,11,19H,1-3H2. The van der Waals surface area contributed by atoms with Crippen molar-refractivity contribution in [1.29, 1.82) is 5.26 Å². The fourth-order valence-electron chi connectivity index (χ4n) is 2.30. The van der Waals surface area contributed by atoms with Crippen molar-refractivity contribution in [3.05, 3.63) is 28.8 Å². The number of hydrogen-bond acceptors (Lipinski definition) is 2. The molecule has 0 aromatic heterocycles. The number of nitrogens with zero attached hydrogens (tertiary/aromatic N) is 1. The van der Waals surface area contributed by atoms with E-state index in [2.05, 4.69) is 11.4 Å². The average Bonchev–Trinajstić information content (AvgIpc) is 2.77. The minimum Gasteiger partial charge on any atom is -0.380 e. The van der Waals surface area contributed by atoms with E-state index in [1.165, 1.54) is 6.07 Å². The number of hydrogen-bond donors (Lipinski definition) is 1. The highest BCUT2D eigenvalue weighted by Crippen LogP contribution is 2.35. The van der Waals surface area contributed by atoms with Gasteiger partial charge in [-0.25, -0.2) is 0 Å². The summed E-state index contributed by atoms with van der Waals surface area (Å²) in [6, 6.07) is 5.37. The Bertz CT molecular complexity index is 508. The molecule has 0 aliphatic heterocycles. The Kier molecular flexibility index (Phi) is 3.91. The fraction of sp³-hybridized carbons (Fsp3) is 0.462. The quantitative estimate of drug-likeness (QED) is 0.872. The zero-order valence-corrected chi connectivity index (χ0v) is 10.7. The summed E-state index contributed by atoms with van der Waals surface area (Å²) >= 11 is 5.86. The van der Waals surface area contributed by atoms with Crippen molar-refractivity contribution in [1.82, 2.24) is 0 Å². The molecule has 2 nitrogen and oxygen atoms in total. The predicted octanol–water partition coefficient (Wildman–Crippen LogP) is 4.46. The molecular weight excluding hydrogens is 277 g/mol. The number of nitriles is 1. The summed E-state index contributed by atoms with van der Waals surface area (Å²) in [6.07, 6.45) is -1.82. The molecule has 0 amide bonds. The van der Waals surface area contributed by atoms with Gasteiger partial charge in [0, 0.05) is 6.04 Å². The molecule has 1 aromatic carbocycles. The Morgan fingerprint density at radius 2 is 2.05 bits per heavy atom. The molecule has 102 valence electrons. The molecule has 0 saturated heterocycles. The second-order valence-electron chi connectivity index (χ2n) is 4.61. The van der Waals surface area contributed by atoms with E-state index in [1.54, 1.807) is 0 Å². The largest absolute Gasteiger partial charge is 0.416 e. The van der Waals surface area contributed by atoms with Gasteiger partial charge in [-0.1, -0.05) is 11.6 Å². The third-order valence-corrected chi connectivity index (χ3v) is 3.63. The van der Waals surface area contributed by atoms with E-state index >= 15 is 0 Å². The summed E-state index contributed by atoms with van der Waals surface area (Å²) in [5.41, 5.74) is -0.326. The second-order valence-corrected chi connectivity index (χ2v) is 5.02. The summed E-state index contributed by atoms with van der Waals surface area (Å²) in [7, 11) is 0. The number of rotatable bonds is 2. The maximum atomic E-state index is 12.5. The van der Waals surface area contributed by atoms with E-state index in [0.717, 1.165) is 31.4 Å². The minimum absolute atomic E-state index is 0.0263. The van der Waals surface area contributed by atoms with Gasteiger partial charge in [-0.05, 0) is 37.5 Å². The van der Waals surface area contributed by atoms with Crippen LogP contribution < -0.4 is 5.32 Å². The summed E-state index contributed by atoms with van der Waals surface area (Å²) < 4.78 is 37.5. The summed E-state index contributed by atoms with van der Waals surface area (Å²) in [5, 5.41) is 12.1. The predicted molar refractivity (Wildman–Crippen MR) is 66.8 cm³/mol. The van der Waals surface area contributed by atoms with Crippen molar-refractivity contribution in [2.24, 2.45) is 5.92 Å². The highest BCUT2D eigenvalue weighted by molar-refractivity contribution is 6.33. The number of alkyl halides is 3. The van der Waals surface area contributed by atoms with E-state index in [0.29, 0.717) is 5.69 Å². The van der Waals surface area contributed by atoms with Crippen LogP contribution in [0.2, 0.25) is 5.02 Å². The van der Waals surface area contributed by atoms with Crippen molar-refractivity contribution >= 4 is 17.3 Å². The first-order valence-electron chi connectivity index (χ1n) is 5.94. The number of halogens is 4. The highest BCUT2D eigenvalue weighted by Gasteiger charge is 2.32. The van der Waals surface area contributed by atoms with Gasteiger partial charge in [-0.2, -0.15) is 18.4 Å². The Hall–Kier alpha value is -1.41. The van der Waals surface area contributed by atoms with Crippen LogP contribution in [0.4, 0.5) is 18.9 Å². The van der Waals surface area contributed by atoms with Crippen LogP contribution in [-0.2, 0) is 6.18 Å². The number of nitrogens with one attached hydrogen (secondary N) is 1. The van der Waals surface area contributed by atoms with Crippen LogP contribution in [0.25, 0.3) is 0 Å². The summed E-state index contributed by atoms with van der Waals surface area (Å²) in [4.78, 5) is 0. The van der Waals surface area contributed by atoms with E-state index in [-0.39, 0.29) is 17.0 Å². The Morgan fingerprint density at radius 1 is 1.32 bits per heavy atom. The van der Waals surface area contributed by atoms with Crippen molar-refractivity contribution in [3.63, 3.8) is 0 Å². The molecule has 1 aliphatic rings. The van der Waals surface area contributed by atoms with Crippen LogP contribution in [0.15, 0.2) is 18.2 Å². The molecule has 1 aromatic rings. The fourth-order valence-corrected chi connectivity index (χ4v) is 2.53. The molecule has 2 atom stereocenters. The van der Waals surface area contributed by atoms with E-state index in [4.69, 9.17) is 16.9 Å². The minimum atomic E-state index is -4.40. The van der Waals surface area contributed by atoms with Gasteiger partial charge in [0.25, 0.3) is 0 Å². The van der Waals surface area contributed by atoms with E-state index in [1.807, 2.05) is 0 Å². The van der Waals surface area contributed by atoms with E-state index < -0.39 is 11.7 Å². The van der Waals surface area contributed by atoms with Crippen molar-refractivity contribution in [2.75, 3.05) is 5.32 Å². The lowest BCUT2D eigenvalue weighted by molar-refractivity contribution is -0.137. The third kappa shape index (κ3) is 3.13. The van der Waals surface area contributed by atoms with Crippen LogP contribution in [0, 0.1) is 17.2 Å². The summed E-state index contributed by atoms with van der Waals surface area (Å²) in [5.74, 6) is -0.113. The number of anilines is 1. The molecule has 1 saturated carbocycles. The zero-order chi connectivity index (χ0) is 14.0. The van der Waals surface area contributed by atoms with Crippen LogP contribution in [0.3, 0.4) is 0 Å². The molecule has 6 heteroatoms. The topological polar surface area (TPSA) is 35.8 Å². The SMILES string of the molecule is N#CC1CCCC1Nc1ccc(C(F)(F)F)cc1Cl. The lowest BCUT2D eigenvalue weighted by Gasteiger charge is -2.18. The molecular formula is C13H12ClF3N2. The van der Waals surface area contributed by atoms with Gasteiger partial charge in [0.2, 0.25) is 0 Å². The van der Waals surface area contributed by atoms with Crippen LogP contribution in [0.5, 0.6) is 0 Å². The number of benzene rings is 1. The Balaban J connectivity index is 2.16. The summed E-state index contributed by atoms with van der Waals surface area (Å²) in [6.45, 7) is 0. The highest BCUT2D eigenvalue weighted by atomic mass is 35.5. The van der Waals surface area contributed by atoms with Gasteiger partial charge < -0.3 is 5.32 Å². The zero-order valence-electron chi connectivity index (χ0n) is 9.97. The van der Waals surface area contributed by atoms with Crippen LogP contribution in [-0.4, -0.2) is 6.04 Å². The first-order valence-corrected chi connectivity index (χ1v) is 6.32. The van der Waals surface area contributed by atoms with Gasteiger partial charge in [0.05, 0.1) is 28.3 Å². The lowest BCUT2D eigenvalue weighted by atomic mass is 10.1. The maximum absolute atomic E-state index is 12.5. The van der Waals surface area contributed by atoms with Gasteiger partial charge in [0.1, 0.15) is 0 Å². The van der Waals surface area contributed by atoms with Crippen molar-refractivity contribution < 1.29 is 13.2 Å². The molecule has 0 heterocycles. The van der Waals surface area contributed by atoms with Crippen LogP contribution in [0.1, 0.15) is 24.8 Å². The van der Waals surface area contributed by atoms with E-state index in [9.17, 15) is 13.2 Å². The molecule has 1 aliphatic carbocycles. The molecule has 2 unspecified atom stereocenters.